The Morgan fingerprint density at radius 3 is 2.54 bits per heavy atom. The summed E-state index contributed by atoms with van der Waals surface area (Å²) in [5, 5.41) is 12.0. The average molecular weight is 352 g/mol. The molecular formula is C17H21FN2O3S. The third-order valence-electron chi connectivity index (χ3n) is 3.44. The lowest BCUT2D eigenvalue weighted by Gasteiger charge is -2.26. The summed E-state index contributed by atoms with van der Waals surface area (Å²) in [5.74, 6) is -0.997. The maximum Gasteiger partial charge on any atom is 0.340 e. The standard InChI is InChI=1S/C17H21FN2O3S/c1-23-17(22)13-7-11(10-21)19-9-16(13)20-15-6-5-12(8-14(15)18)24(2,3)4/h5-9,20-21H,10H2,1-4H3. The molecule has 2 aromatic rings. The first kappa shape index (κ1) is 18.2. The van der Waals surface area contributed by atoms with Gasteiger partial charge in [0.2, 0.25) is 0 Å². The van der Waals surface area contributed by atoms with Crippen LogP contribution in [0.1, 0.15) is 16.1 Å². The predicted octanol–water partition coefficient (Wildman–Crippen LogP) is 3.30. The van der Waals surface area contributed by atoms with Gasteiger partial charge >= 0.3 is 5.97 Å². The van der Waals surface area contributed by atoms with E-state index in [1.807, 2.05) is 6.07 Å². The molecule has 1 aromatic carbocycles. The second-order valence-electron chi connectivity index (χ2n) is 5.97. The van der Waals surface area contributed by atoms with E-state index in [0.717, 1.165) is 4.90 Å². The Morgan fingerprint density at radius 1 is 1.29 bits per heavy atom. The summed E-state index contributed by atoms with van der Waals surface area (Å²) in [6.07, 6.45) is 7.63. The first-order valence-corrected chi connectivity index (χ1v) is 10.0. The van der Waals surface area contributed by atoms with Crippen LogP contribution >= 0.6 is 10.0 Å². The molecule has 0 amide bonds. The van der Waals surface area contributed by atoms with Gasteiger partial charge in [0.1, 0.15) is 5.82 Å². The number of carbonyl (C=O) groups is 1. The molecule has 5 nitrogen and oxygen atoms in total. The molecule has 24 heavy (non-hydrogen) atoms. The minimum Gasteiger partial charge on any atom is -0.465 e. The van der Waals surface area contributed by atoms with E-state index in [2.05, 4.69) is 29.1 Å². The third-order valence-corrected chi connectivity index (χ3v) is 5.11. The molecule has 2 N–H and O–H groups in total. The first-order valence-electron chi connectivity index (χ1n) is 7.19. The van der Waals surface area contributed by atoms with Crippen LogP contribution in [0.25, 0.3) is 0 Å². The van der Waals surface area contributed by atoms with Gasteiger partial charge in [-0.3, -0.25) is 4.98 Å². The quantitative estimate of drug-likeness (QED) is 0.808. The number of pyridine rings is 1. The number of nitrogens with one attached hydrogen (secondary N) is 1. The third kappa shape index (κ3) is 4.04. The van der Waals surface area contributed by atoms with Crippen molar-refractivity contribution in [2.24, 2.45) is 0 Å². The molecular weight excluding hydrogens is 331 g/mol. The van der Waals surface area contributed by atoms with Crippen molar-refractivity contribution in [1.82, 2.24) is 4.98 Å². The highest BCUT2D eigenvalue weighted by Crippen LogP contribution is 2.45. The highest BCUT2D eigenvalue weighted by atomic mass is 32.3. The number of nitrogens with zero attached hydrogens (tertiary/aromatic N) is 1. The Hall–Kier alpha value is -2.12. The van der Waals surface area contributed by atoms with Crippen molar-refractivity contribution in [3.63, 3.8) is 0 Å². The zero-order valence-corrected chi connectivity index (χ0v) is 14.9. The van der Waals surface area contributed by atoms with Gasteiger partial charge in [0.25, 0.3) is 0 Å². The fourth-order valence-electron chi connectivity index (χ4n) is 2.09. The predicted molar refractivity (Wildman–Crippen MR) is 94.8 cm³/mol. The largest absolute Gasteiger partial charge is 0.465 e. The second-order valence-corrected chi connectivity index (χ2v) is 10.1. The lowest BCUT2D eigenvalue weighted by atomic mass is 10.2. The number of ether oxygens (including phenoxy) is 1. The summed E-state index contributed by atoms with van der Waals surface area (Å²) in [4.78, 5) is 16.9. The summed E-state index contributed by atoms with van der Waals surface area (Å²) >= 11 is 0. The summed E-state index contributed by atoms with van der Waals surface area (Å²) < 4.78 is 19.1. The van der Waals surface area contributed by atoms with Crippen molar-refractivity contribution in [2.75, 3.05) is 31.2 Å². The molecule has 0 saturated carbocycles. The Labute approximate surface area is 142 Å². The Bertz CT molecular complexity index is 760. The number of rotatable bonds is 5. The van der Waals surface area contributed by atoms with Crippen molar-refractivity contribution in [2.45, 2.75) is 11.5 Å². The van der Waals surface area contributed by atoms with Crippen LogP contribution in [-0.2, 0) is 11.3 Å². The average Bonchev–Trinajstić information content (AvgIpc) is 2.55. The van der Waals surface area contributed by atoms with Gasteiger partial charge < -0.3 is 15.2 Å². The normalized spacial score (nSPS) is 11.9. The topological polar surface area (TPSA) is 71.5 Å². The van der Waals surface area contributed by atoms with Crippen molar-refractivity contribution in [1.29, 1.82) is 0 Å². The van der Waals surface area contributed by atoms with Crippen molar-refractivity contribution >= 4 is 27.4 Å². The summed E-state index contributed by atoms with van der Waals surface area (Å²) in [5.41, 5.74) is 1.06. The van der Waals surface area contributed by atoms with Crippen LogP contribution in [0, 0.1) is 5.82 Å². The monoisotopic (exact) mass is 352 g/mol. The minimum absolute atomic E-state index is 0.182. The van der Waals surface area contributed by atoms with Gasteiger partial charge in [-0.2, -0.15) is 0 Å². The van der Waals surface area contributed by atoms with E-state index in [1.165, 1.54) is 25.4 Å². The van der Waals surface area contributed by atoms with Crippen LogP contribution < -0.4 is 5.32 Å². The lowest BCUT2D eigenvalue weighted by Crippen LogP contribution is -2.08. The zero-order chi connectivity index (χ0) is 17.9. The van der Waals surface area contributed by atoms with Crippen LogP contribution in [0.4, 0.5) is 15.8 Å². The molecule has 2 rings (SSSR count). The minimum atomic E-state index is -1.03. The van der Waals surface area contributed by atoms with E-state index in [1.54, 1.807) is 6.07 Å². The van der Waals surface area contributed by atoms with Crippen LogP contribution in [0.3, 0.4) is 0 Å². The number of hydrogen-bond donors (Lipinski definition) is 2. The Kier molecular flexibility index (Phi) is 5.46. The number of aliphatic hydroxyl groups is 1. The number of anilines is 2. The lowest BCUT2D eigenvalue weighted by molar-refractivity contribution is 0.0601. The fraction of sp³-hybridized carbons (Fsp3) is 0.294. The van der Waals surface area contributed by atoms with Crippen molar-refractivity contribution < 1.29 is 19.0 Å². The summed E-state index contributed by atoms with van der Waals surface area (Å²) in [6.45, 7) is -0.304. The molecule has 0 aliphatic heterocycles. The maximum absolute atomic E-state index is 14.4. The van der Waals surface area contributed by atoms with E-state index < -0.39 is 21.8 Å². The van der Waals surface area contributed by atoms with E-state index in [-0.39, 0.29) is 17.9 Å². The summed E-state index contributed by atoms with van der Waals surface area (Å²) in [6, 6.07) is 6.43. The molecule has 130 valence electrons. The van der Waals surface area contributed by atoms with Crippen LogP contribution in [0.15, 0.2) is 35.4 Å². The zero-order valence-electron chi connectivity index (χ0n) is 14.1. The molecule has 0 radical (unpaired) electrons. The SMILES string of the molecule is COC(=O)c1cc(CO)ncc1Nc1ccc(S(C)(C)C)cc1F. The molecule has 0 atom stereocenters. The number of aliphatic hydroxyl groups excluding tert-OH is 1. The Morgan fingerprint density at radius 2 is 2.00 bits per heavy atom. The highest BCUT2D eigenvalue weighted by molar-refractivity contribution is 8.32. The number of carbonyl (C=O) groups excluding carboxylic acids is 1. The maximum atomic E-state index is 14.4. The van der Waals surface area contributed by atoms with Gasteiger partial charge in [0.15, 0.2) is 0 Å². The van der Waals surface area contributed by atoms with E-state index in [4.69, 9.17) is 9.84 Å². The molecule has 0 fully saturated rings. The second kappa shape index (κ2) is 7.19. The Balaban J connectivity index is 2.39. The first-order chi connectivity index (χ1) is 11.3. The smallest absolute Gasteiger partial charge is 0.340 e. The van der Waals surface area contributed by atoms with E-state index in [0.29, 0.717) is 11.4 Å². The fourth-order valence-corrected chi connectivity index (χ4v) is 3.02. The van der Waals surface area contributed by atoms with Crippen LogP contribution in [-0.4, -0.2) is 41.9 Å². The van der Waals surface area contributed by atoms with Crippen molar-refractivity contribution in [3.05, 3.63) is 47.5 Å². The molecule has 0 aliphatic carbocycles. The van der Waals surface area contributed by atoms with E-state index in [9.17, 15) is 9.18 Å². The van der Waals surface area contributed by atoms with E-state index >= 15 is 0 Å². The molecule has 1 aromatic heterocycles. The number of benzene rings is 1. The van der Waals surface area contributed by atoms with Gasteiger partial charge in [0, 0.05) is 0 Å². The number of halogens is 1. The van der Waals surface area contributed by atoms with Crippen LogP contribution in [0.5, 0.6) is 0 Å². The molecule has 0 bridgehead atoms. The van der Waals surface area contributed by atoms with Crippen LogP contribution in [0.2, 0.25) is 0 Å². The molecule has 0 aliphatic rings. The number of hydrogen-bond acceptors (Lipinski definition) is 5. The van der Waals surface area contributed by atoms with Gasteiger partial charge in [-0.1, -0.05) is 0 Å². The van der Waals surface area contributed by atoms with Gasteiger partial charge in [-0.25, -0.2) is 19.2 Å². The highest BCUT2D eigenvalue weighted by Gasteiger charge is 2.16. The number of aromatic nitrogens is 1. The molecule has 1 heterocycles. The summed E-state index contributed by atoms with van der Waals surface area (Å²) in [7, 11) is 0.225. The number of esters is 1. The van der Waals surface area contributed by atoms with Gasteiger partial charge in [-0.05, 0) is 47.9 Å². The molecule has 7 heteroatoms. The number of methoxy groups -OCH3 is 1. The van der Waals surface area contributed by atoms with Crippen molar-refractivity contribution in [3.8, 4) is 0 Å². The molecule has 0 saturated heterocycles. The molecule has 0 unspecified atom stereocenters. The van der Waals surface area contributed by atoms with Gasteiger partial charge in [0.05, 0.1) is 42.5 Å². The molecule has 0 spiro atoms. The van der Waals surface area contributed by atoms with Gasteiger partial charge in [-0.15, -0.1) is 0 Å².